The van der Waals surface area contributed by atoms with Crippen molar-refractivity contribution in [3.8, 4) is 0 Å². The lowest BCUT2D eigenvalue weighted by Gasteiger charge is -2.22. The van der Waals surface area contributed by atoms with Gasteiger partial charge in [0.05, 0.1) is 19.3 Å². The van der Waals surface area contributed by atoms with Gasteiger partial charge in [-0.25, -0.2) is 4.79 Å². The van der Waals surface area contributed by atoms with Gasteiger partial charge in [-0.1, -0.05) is 0 Å². The summed E-state index contributed by atoms with van der Waals surface area (Å²) in [7, 11) is 3.34. The zero-order chi connectivity index (χ0) is 14.1. The summed E-state index contributed by atoms with van der Waals surface area (Å²) in [6.07, 6.45) is 2.53. The predicted octanol–water partition coefficient (Wildman–Crippen LogP) is 0.431. The molecule has 0 bridgehead atoms. The van der Waals surface area contributed by atoms with Crippen LogP contribution in [-0.4, -0.2) is 70.1 Å². The van der Waals surface area contributed by atoms with Crippen LogP contribution in [0.3, 0.4) is 0 Å². The number of nitrogens with zero attached hydrogens (tertiary/aromatic N) is 1. The largest absolute Gasteiger partial charge is 0.383 e. The molecule has 0 aromatic heterocycles. The zero-order valence-electron chi connectivity index (χ0n) is 12.3. The molecule has 1 fully saturated rings. The summed E-state index contributed by atoms with van der Waals surface area (Å²) >= 11 is 0. The van der Waals surface area contributed by atoms with E-state index in [0.29, 0.717) is 19.2 Å². The van der Waals surface area contributed by atoms with Crippen LogP contribution in [0.4, 0.5) is 4.79 Å². The Hall–Kier alpha value is -0.850. The van der Waals surface area contributed by atoms with Crippen molar-refractivity contribution in [2.24, 2.45) is 0 Å². The highest BCUT2D eigenvalue weighted by Crippen LogP contribution is 2.25. The Morgan fingerprint density at radius 3 is 2.63 bits per heavy atom. The predicted molar refractivity (Wildman–Crippen MR) is 74.3 cm³/mol. The van der Waals surface area contributed by atoms with Crippen molar-refractivity contribution in [2.45, 2.75) is 31.8 Å². The van der Waals surface area contributed by atoms with Gasteiger partial charge in [-0.2, -0.15) is 0 Å². The van der Waals surface area contributed by atoms with Crippen molar-refractivity contribution >= 4 is 6.03 Å². The van der Waals surface area contributed by atoms with Gasteiger partial charge < -0.3 is 20.1 Å². The molecule has 0 radical (unpaired) electrons. The number of ether oxygens (including phenoxy) is 2. The number of nitrogens with one attached hydrogen (secondary N) is 2. The summed E-state index contributed by atoms with van der Waals surface area (Å²) in [5.41, 5.74) is 0. The molecule has 19 heavy (non-hydrogen) atoms. The second kappa shape index (κ2) is 9.12. The Morgan fingerprint density at radius 1 is 1.32 bits per heavy atom. The maximum Gasteiger partial charge on any atom is 0.315 e. The molecule has 112 valence electrons. The number of rotatable bonds is 10. The number of hydrogen-bond donors (Lipinski definition) is 2. The van der Waals surface area contributed by atoms with Gasteiger partial charge in [-0.15, -0.1) is 0 Å². The molecule has 1 aliphatic carbocycles. The van der Waals surface area contributed by atoms with E-state index in [-0.39, 0.29) is 12.1 Å². The lowest BCUT2D eigenvalue weighted by molar-refractivity contribution is 0.143. The van der Waals surface area contributed by atoms with Crippen molar-refractivity contribution < 1.29 is 14.3 Å². The third-order valence-electron chi connectivity index (χ3n) is 3.12. The Kier molecular flexibility index (Phi) is 7.78. The molecule has 0 spiro atoms. The van der Waals surface area contributed by atoms with E-state index in [1.54, 1.807) is 14.2 Å². The second-order valence-electron chi connectivity index (χ2n) is 5.02. The van der Waals surface area contributed by atoms with E-state index in [0.717, 1.165) is 19.7 Å². The van der Waals surface area contributed by atoms with Gasteiger partial charge in [0, 0.05) is 39.9 Å². The van der Waals surface area contributed by atoms with Crippen LogP contribution in [0.15, 0.2) is 0 Å². The number of carbonyl (C=O) groups is 1. The van der Waals surface area contributed by atoms with Crippen LogP contribution in [0, 0.1) is 0 Å². The fourth-order valence-electron chi connectivity index (χ4n) is 2.00. The van der Waals surface area contributed by atoms with Gasteiger partial charge >= 0.3 is 6.03 Å². The Labute approximate surface area is 115 Å². The van der Waals surface area contributed by atoms with Crippen LogP contribution in [0.25, 0.3) is 0 Å². The van der Waals surface area contributed by atoms with Crippen LogP contribution < -0.4 is 10.6 Å². The van der Waals surface area contributed by atoms with E-state index in [2.05, 4.69) is 15.5 Å². The molecular formula is C13H27N3O3. The van der Waals surface area contributed by atoms with E-state index >= 15 is 0 Å². The molecule has 0 aromatic rings. The van der Waals surface area contributed by atoms with Crippen molar-refractivity contribution in [1.29, 1.82) is 0 Å². The van der Waals surface area contributed by atoms with Gasteiger partial charge in [-0.3, -0.25) is 4.90 Å². The van der Waals surface area contributed by atoms with Crippen LogP contribution in [0.1, 0.15) is 19.8 Å². The minimum absolute atomic E-state index is 0.0260. The molecule has 6 nitrogen and oxygen atoms in total. The molecule has 1 saturated carbocycles. The Balaban J connectivity index is 2.11. The van der Waals surface area contributed by atoms with Crippen LogP contribution in [0.2, 0.25) is 0 Å². The van der Waals surface area contributed by atoms with Crippen molar-refractivity contribution in [2.75, 3.05) is 47.1 Å². The fraction of sp³-hybridized carbons (Fsp3) is 0.923. The first-order valence-electron chi connectivity index (χ1n) is 6.93. The van der Waals surface area contributed by atoms with Crippen molar-refractivity contribution in [3.63, 3.8) is 0 Å². The van der Waals surface area contributed by atoms with E-state index in [1.807, 2.05) is 6.92 Å². The summed E-state index contributed by atoms with van der Waals surface area (Å²) in [5, 5.41) is 5.70. The molecule has 0 aliphatic heterocycles. The average molecular weight is 273 g/mol. The number of methoxy groups -OCH3 is 2. The maximum atomic E-state index is 11.6. The quantitative estimate of drug-likeness (QED) is 0.606. The molecule has 1 aliphatic rings. The van der Waals surface area contributed by atoms with Gasteiger partial charge in [-0.05, 0) is 19.8 Å². The smallest absolute Gasteiger partial charge is 0.315 e. The van der Waals surface area contributed by atoms with E-state index in [9.17, 15) is 4.79 Å². The number of hydrogen-bond acceptors (Lipinski definition) is 4. The van der Waals surface area contributed by atoms with Gasteiger partial charge in [0.15, 0.2) is 0 Å². The van der Waals surface area contributed by atoms with E-state index in [4.69, 9.17) is 9.47 Å². The lowest BCUT2D eigenvalue weighted by atomic mass is 10.4. The molecule has 0 heterocycles. The van der Waals surface area contributed by atoms with Crippen molar-refractivity contribution in [3.05, 3.63) is 0 Å². The van der Waals surface area contributed by atoms with Crippen LogP contribution in [0.5, 0.6) is 0 Å². The highest BCUT2D eigenvalue weighted by atomic mass is 16.5. The summed E-state index contributed by atoms with van der Waals surface area (Å²) in [6, 6.07) is 0.581. The summed E-state index contributed by atoms with van der Waals surface area (Å²) in [6.45, 7) is 5.65. The van der Waals surface area contributed by atoms with Gasteiger partial charge in [0.1, 0.15) is 0 Å². The first kappa shape index (κ1) is 16.2. The monoisotopic (exact) mass is 273 g/mol. The fourth-order valence-corrected chi connectivity index (χ4v) is 2.00. The molecule has 0 aromatic carbocycles. The zero-order valence-corrected chi connectivity index (χ0v) is 12.3. The third kappa shape index (κ3) is 7.34. The summed E-state index contributed by atoms with van der Waals surface area (Å²) in [4.78, 5) is 14.0. The van der Waals surface area contributed by atoms with Gasteiger partial charge in [0.25, 0.3) is 0 Å². The SMILES string of the molecule is COCCN(CCNC(=O)NC(C)COC)C1CC1. The maximum absolute atomic E-state index is 11.6. The third-order valence-corrected chi connectivity index (χ3v) is 3.12. The number of urea groups is 1. The highest BCUT2D eigenvalue weighted by molar-refractivity contribution is 5.74. The van der Waals surface area contributed by atoms with Crippen LogP contribution in [-0.2, 0) is 9.47 Å². The first-order valence-corrected chi connectivity index (χ1v) is 6.93. The topological polar surface area (TPSA) is 62.8 Å². The number of amides is 2. The molecular weight excluding hydrogens is 246 g/mol. The summed E-state index contributed by atoms with van der Waals surface area (Å²) in [5.74, 6) is 0. The number of carbonyl (C=O) groups excluding carboxylic acids is 1. The van der Waals surface area contributed by atoms with Crippen molar-refractivity contribution in [1.82, 2.24) is 15.5 Å². The summed E-state index contributed by atoms with van der Waals surface area (Å²) < 4.78 is 10.1. The Bertz CT molecular complexity index is 260. The van der Waals surface area contributed by atoms with E-state index < -0.39 is 0 Å². The highest BCUT2D eigenvalue weighted by Gasteiger charge is 2.28. The minimum Gasteiger partial charge on any atom is -0.383 e. The molecule has 2 amide bonds. The lowest BCUT2D eigenvalue weighted by Crippen LogP contribution is -2.45. The second-order valence-corrected chi connectivity index (χ2v) is 5.02. The molecule has 6 heteroatoms. The average Bonchev–Trinajstić information content (AvgIpc) is 3.17. The first-order chi connectivity index (χ1) is 9.17. The van der Waals surface area contributed by atoms with Gasteiger partial charge in [0.2, 0.25) is 0 Å². The minimum atomic E-state index is -0.132. The van der Waals surface area contributed by atoms with Crippen LogP contribution >= 0.6 is 0 Å². The van der Waals surface area contributed by atoms with E-state index in [1.165, 1.54) is 12.8 Å². The molecule has 0 saturated heterocycles. The Morgan fingerprint density at radius 2 is 2.05 bits per heavy atom. The molecule has 1 rings (SSSR count). The standard InChI is InChI=1S/C13H27N3O3/c1-11(10-19-3)15-13(17)14-6-7-16(8-9-18-2)12-4-5-12/h11-12H,4-10H2,1-3H3,(H2,14,15,17). The normalized spacial score (nSPS) is 16.4. The molecule has 1 unspecified atom stereocenters. The molecule has 1 atom stereocenters. The molecule has 2 N–H and O–H groups in total.